The number of fused-ring (bicyclic) bond motifs is 2. The van der Waals surface area contributed by atoms with Crippen LogP contribution >= 0.6 is 0 Å². The zero-order valence-electron chi connectivity index (χ0n) is 18.4. The molecular weight excluding hydrogens is 414 g/mol. The molecule has 1 aromatic carbocycles. The van der Waals surface area contributed by atoms with Gasteiger partial charge in [-0.3, -0.25) is 10.4 Å². The largest absolute Gasteiger partial charge is 0.381 e. The van der Waals surface area contributed by atoms with Crippen molar-refractivity contribution in [3.63, 3.8) is 0 Å². The first-order chi connectivity index (χ1) is 16.2. The SMILES string of the molecule is Cc1cccc(C=NNc2cc(N3CC4COCC4C3)n3nc(-c4ccncc4)cc3n2)c1. The minimum Gasteiger partial charge on any atom is -0.381 e. The highest BCUT2D eigenvalue weighted by Crippen LogP contribution is 2.34. The van der Waals surface area contributed by atoms with E-state index in [4.69, 9.17) is 14.8 Å². The van der Waals surface area contributed by atoms with Crippen molar-refractivity contribution in [2.24, 2.45) is 16.9 Å². The molecule has 0 amide bonds. The molecule has 33 heavy (non-hydrogen) atoms. The lowest BCUT2D eigenvalue weighted by Crippen LogP contribution is -2.25. The number of aryl methyl sites for hydroxylation is 1. The number of hydrazone groups is 1. The molecule has 2 unspecified atom stereocenters. The molecule has 2 aliphatic heterocycles. The fourth-order valence-corrected chi connectivity index (χ4v) is 4.70. The summed E-state index contributed by atoms with van der Waals surface area (Å²) in [6, 6.07) is 16.2. The normalized spacial score (nSPS) is 20.1. The van der Waals surface area contributed by atoms with Crippen molar-refractivity contribution in [3.8, 4) is 11.3 Å². The van der Waals surface area contributed by atoms with Gasteiger partial charge in [0.25, 0.3) is 0 Å². The predicted octanol–water partition coefficient (Wildman–Crippen LogP) is 3.63. The Hall–Kier alpha value is -3.78. The van der Waals surface area contributed by atoms with Gasteiger partial charge in [0.05, 0.1) is 25.1 Å². The highest BCUT2D eigenvalue weighted by Gasteiger charge is 2.38. The van der Waals surface area contributed by atoms with Gasteiger partial charge in [0.15, 0.2) is 11.5 Å². The van der Waals surface area contributed by atoms with Crippen molar-refractivity contribution in [2.75, 3.05) is 36.6 Å². The first-order valence-corrected chi connectivity index (χ1v) is 11.2. The van der Waals surface area contributed by atoms with Crippen LogP contribution < -0.4 is 10.3 Å². The Morgan fingerprint density at radius 1 is 1.06 bits per heavy atom. The van der Waals surface area contributed by atoms with Gasteiger partial charge in [-0.05, 0) is 24.6 Å². The molecule has 2 saturated heterocycles. The van der Waals surface area contributed by atoms with Crippen molar-refractivity contribution in [2.45, 2.75) is 6.92 Å². The molecule has 0 bridgehead atoms. The van der Waals surface area contributed by atoms with Crippen LogP contribution in [0.1, 0.15) is 11.1 Å². The van der Waals surface area contributed by atoms with Crippen LogP contribution in [0.5, 0.6) is 0 Å². The van der Waals surface area contributed by atoms with Gasteiger partial charge < -0.3 is 9.64 Å². The number of ether oxygens (including phenoxy) is 1. The Kier molecular flexibility index (Phi) is 4.99. The Labute approximate surface area is 191 Å². The third kappa shape index (κ3) is 3.93. The molecule has 4 aromatic rings. The third-order valence-corrected chi connectivity index (χ3v) is 6.38. The molecule has 5 heterocycles. The van der Waals surface area contributed by atoms with Crippen molar-refractivity contribution in [1.82, 2.24) is 19.6 Å². The van der Waals surface area contributed by atoms with Crippen LogP contribution in [-0.2, 0) is 4.74 Å². The van der Waals surface area contributed by atoms with E-state index < -0.39 is 0 Å². The quantitative estimate of drug-likeness (QED) is 0.378. The second kappa shape index (κ2) is 8.29. The van der Waals surface area contributed by atoms with Crippen LogP contribution in [0.4, 0.5) is 11.6 Å². The van der Waals surface area contributed by atoms with Gasteiger partial charge in [0, 0.05) is 55.0 Å². The standard InChI is InChI=1S/C25H25N7O/c1-17-3-2-4-18(9-17)12-27-29-23-11-25(31-13-20-15-33-16-21(20)14-31)32-24(28-23)10-22(30-32)19-5-7-26-8-6-19/h2-12,20-21H,13-16H2,1H3,(H,28,29). The van der Waals surface area contributed by atoms with Gasteiger partial charge in [0.2, 0.25) is 0 Å². The fourth-order valence-electron chi connectivity index (χ4n) is 4.70. The summed E-state index contributed by atoms with van der Waals surface area (Å²) in [5, 5.41) is 9.32. The highest BCUT2D eigenvalue weighted by molar-refractivity contribution is 5.80. The number of hydrogen-bond donors (Lipinski definition) is 1. The number of rotatable bonds is 5. The number of benzene rings is 1. The van der Waals surface area contributed by atoms with Crippen LogP contribution in [-0.4, -0.2) is 52.1 Å². The van der Waals surface area contributed by atoms with Gasteiger partial charge >= 0.3 is 0 Å². The monoisotopic (exact) mass is 439 g/mol. The zero-order valence-corrected chi connectivity index (χ0v) is 18.4. The van der Waals surface area contributed by atoms with Gasteiger partial charge in [-0.25, -0.2) is 4.98 Å². The first kappa shape index (κ1) is 19.9. The average Bonchev–Trinajstić information content (AvgIpc) is 3.54. The summed E-state index contributed by atoms with van der Waals surface area (Å²) in [4.78, 5) is 11.3. The number of anilines is 2. The topological polar surface area (TPSA) is 79.9 Å². The van der Waals surface area contributed by atoms with Gasteiger partial charge in [0.1, 0.15) is 5.82 Å². The van der Waals surface area contributed by atoms with E-state index in [1.807, 2.05) is 47.1 Å². The number of nitrogens with zero attached hydrogens (tertiary/aromatic N) is 6. The molecule has 6 rings (SSSR count). The number of pyridine rings is 1. The predicted molar refractivity (Wildman–Crippen MR) is 129 cm³/mol. The van der Waals surface area contributed by atoms with Crippen molar-refractivity contribution >= 4 is 23.5 Å². The maximum atomic E-state index is 5.67. The lowest BCUT2D eigenvalue weighted by atomic mass is 10.0. The van der Waals surface area contributed by atoms with Crippen LogP contribution in [0.15, 0.2) is 66.0 Å². The summed E-state index contributed by atoms with van der Waals surface area (Å²) < 4.78 is 7.61. The van der Waals surface area contributed by atoms with Crippen molar-refractivity contribution in [1.29, 1.82) is 0 Å². The van der Waals surface area contributed by atoms with Crippen LogP contribution in [0.2, 0.25) is 0 Å². The van der Waals surface area contributed by atoms with Crippen molar-refractivity contribution < 1.29 is 4.74 Å². The Morgan fingerprint density at radius 2 is 1.88 bits per heavy atom. The Bertz CT molecular complexity index is 1310. The zero-order chi connectivity index (χ0) is 22.2. The van der Waals surface area contributed by atoms with E-state index in [1.54, 1.807) is 12.4 Å². The second-order valence-electron chi connectivity index (χ2n) is 8.78. The highest BCUT2D eigenvalue weighted by atomic mass is 16.5. The summed E-state index contributed by atoms with van der Waals surface area (Å²) >= 11 is 0. The molecule has 0 radical (unpaired) electrons. The molecule has 1 N–H and O–H groups in total. The van der Waals surface area contributed by atoms with Gasteiger partial charge in [-0.1, -0.05) is 29.8 Å². The number of aromatic nitrogens is 4. The number of hydrogen-bond acceptors (Lipinski definition) is 7. The minimum atomic E-state index is 0.569. The molecule has 8 heteroatoms. The molecule has 166 valence electrons. The summed E-state index contributed by atoms with van der Waals surface area (Å²) in [6.45, 7) is 5.66. The van der Waals surface area contributed by atoms with E-state index >= 15 is 0 Å². The van der Waals surface area contributed by atoms with E-state index in [-0.39, 0.29) is 0 Å². The summed E-state index contributed by atoms with van der Waals surface area (Å²) in [5.41, 5.74) is 8.03. The molecule has 0 saturated carbocycles. The van der Waals surface area contributed by atoms with E-state index in [2.05, 4.69) is 39.5 Å². The maximum Gasteiger partial charge on any atom is 0.160 e. The molecule has 0 aliphatic carbocycles. The van der Waals surface area contributed by atoms with Gasteiger partial charge in [-0.2, -0.15) is 14.7 Å². The van der Waals surface area contributed by atoms with Crippen LogP contribution in [0.25, 0.3) is 16.9 Å². The average molecular weight is 440 g/mol. The second-order valence-corrected chi connectivity index (χ2v) is 8.78. The van der Waals surface area contributed by atoms with Gasteiger partial charge in [-0.15, -0.1) is 0 Å². The molecule has 2 atom stereocenters. The summed E-state index contributed by atoms with van der Waals surface area (Å²) in [6.07, 6.45) is 5.37. The fraction of sp³-hybridized carbons (Fsp3) is 0.280. The first-order valence-electron chi connectivity index (χ1n) is 11.2. The van der Waals surface area contributed by atoms with Crippen molar-refractivity contribution in [3.05, 3.63) is 72.1 Å². The van der Waals surface area contributed by atoms with E-state index in [9.17, 15) is 0 Å². The van der Waals surface area contributed by atoms with Crippen LogP contribution in [0.3, 0.4) is 0 Å². The lowest BCUT2D eigenvalue weighted by molar-refractivity contribution is 0.177. The smallest absolute Gasteiger partial charge is 0.160 e. The number of nitrogens with one attached hydrogen (secondary N) is 1. The Balaban J connectivity index is 1.36. The summed E-state index contributed by atoms with van der Waals surface area (Å²) in [5.74, 6) is 2.84. The molecule has 8 nitrogen and oxygen atoms in total. The van der Waals surface area contributed by atoms with Crippen LogP contribution in [0, 0.1) is 18.8 Å². The van der Waals surface area contributed by atoms with E-state index in [1.165, 1.54) is 5.56 Å². The minimum absolute atomic E-state index is 0.569. The Morgan fingerprint density at radius 3 is 2.67 bits per heavy atom. The lowest BCUT2D eigenvalue weighted by Gasteiger charge is -2.21. The summed E-state index contributed by atoms with van der Waals surface area (Å²) in [7, 11) is 0. The third-order valence-electron chi connectivity index (χ3n) is 6.38. The molecule has 3 aromatic heterocycles. The van der Waals surface area contributed by atoms with E-state index in [0.717, 1.165) is 54.6 Å². The molecule has 2 fully saturated rings. The maximum absolute atomic E-state index is 5.67. The molecular formula is C25H25N7O. The molecule has 0 spiro atoms. The van der Waals surface area contributed by atoms with E-state index in [0.29, 0.717) is 17.7 Å². The molecule has 2 aliphatic rings.